The second kappa shape index (κ2) is 28.8. The van der Waals surface area contributed by atoms with E-state index in [1.165, 1.54) is 88.8 Å². The molecular formula is C42H72N4O6S. The third kappa shape index (κ3) is 20.0. The first-order valence-electron chi connectivity index (χ1n) is 20.9. The van der Waals surface area contributed by atoms with Gasteiger partial charge in [-0.15, -0.1) is 11.8 Å². The minimum absolute atomic E-state index is 0.00927. The van der Waals surface area contributed by atoms with Gasteiger partial charge in [-0.1, -0.05) is 147 Å². The van der Waals surface area contributed by atoms with E-state index in [0.717, 1.165) is 56.9 Å². The molecule has 5 N–H and O–H groups in total. The summed E-state index contributed by atoms with van der Waals surface area (Å²) in [5.41, 5.74) is 0.887. The number of rotatable bonds is 34. The third-order valence-electron chi connectivity index (χ3n) is 10.3. The quantitative estimate of drug-likeness (QED) is 0.0268. The number of amides is 3. The number of carboxylic acid groups (broad SMARTS) is 1. The first-order chi connectivity index (χ1) is 25.8. The summed E-state index contributed by atoms with van der Waals surface area (Å²) in [6.07, 6.45) is 22.9. The van der Waals surface area contributed by atoms with Gasteiger partial charge in [0.15, 0.2) is 0 Å². The van der Waals surface area contributed by atoms with Crippen LogP contribution in [0.25, 0.3) is 0 Å². The number of aliphatic hydroxyl groups excluding tert-OH is 1. The Bertz CT molecular complexity index is 1140. The molecule has 0 bridgehead atoms. The van der Waals surface area contributed by atoms with E-state index in [2.05, 4.69) is 29.8 Å². The molecule has 1 aromatic carbocycles. The highest BCUT2D eigenvalue weighted by molar-refractivity contribution is 8.00. The van der Waals surface area contributed by atoms with E-state index in [4.69, 9.17) is 0 Å². The molecule has 302 valence electrons. The number of nitrogens with one attached hydrogen (secondary N) is 3. The fourth-order valence-corrected chi connectivity index (χ4v) is 8.66. The first-order valence-corrected chi connectivity index (χ1v) is 21.8. The molecule has 10 nitrogen and oxygen atoms in total. The zero-order chi connectivity index (χ0) is 38.6. The second-order valence-corrected chi connectivity index (χ2v) is 16.3. The van der Waals surface area contributed by atoms with Crippen LogP contribution >= 0.6 is 11.8 Å². The van der Waals surface area contributed by atoms with Crippen LogP contribution in [0.5, 0.6) is 0 Å². The summed E-state index contributed by atoms with van der Waals surface area (Å²) in [5, 5.41) is 29.1. The number of nitrogens with zero attached hydrogens (tertiary/aromatic N) is 1. The predicted molar refractivity (Wildman–Crippen MR) is 217 cm³/mol. The summed E-state index contributed by atoms with van der Waals surface area (Å²) in [6.45, 7) is 4.30. The average molecular weight is 761 g/mol. The summed E-state index contributed by atoms with van der Waals surface area (Å²) >= 11 is 1.36. The van der Waals surface area contributed by atoms with Crippen LogP contribution in [0.15, 0.2) is 30.3 Å². The van der Waals surface area contributed by atoms with Crippen molar-refractivity contribution in [1.29, 1.82) is 0 Å². The molecule has 53 heavy (non-hydrogen) atoms. The number of benzene rings is 1. The van der Waals surface area contributed by atoms with Gasteiger partial charge in [0.25, 0.3) is 0 Å². The van der Waals surface area contributed by atoms with E-state index in [0.29, 0.717) is 24.9 Å². The van der Waals surface area contributed by atoms with Crippen LogP contribution in [0, 0.1) is 0 Å². The summed E-state index contributed by atoms with van der Waals surface area (Å²) in [5.74, 6) is 0.154. The molecule has 0 spiro atoms. The Morgan fingerprint density at radius 3 is 1.77 bits per heavy atom. The Hall–Kier alpha value is -2.63. The van der Waals surface area contributed by atoms with Crippen LogP contribution in [0.2, 0.25) is 0 Å². The van der Waals surface area contributed by atoms with Crippen molar-refractivity contribution in [3.8, 4) is 0 Å². The number of carbonyl (C=O) groups is 4. The molecule has 3 atom stereocenters. The monoisotopic (exact) mass is 761 g/mol. The Labute approximate surface area is 324 Å². The zero-order valence-corrected chi connectivity index (χ0v) is 33.8. The predicted octanol–water partition coefficient (Wildman–Crippen LogP) is 8.35. The molecule has 3 amide bonds. The number of aldehydes is 1. The van der Waals surface area contributed by atoms with Crippen LogP contribution < -0.4 is 16.0 Å². The van der Waals surface area contributed by atoms with Crippen LogP contribution in [-0.4, -0.2) is 81.3 Å². The van der Waals surface area contributed by atoms with Gasteiger partial charge in [-0.05, 0) is 31.2 Å². The van der Waals surface area contributed by atoms with Gasteiger partial charge in [-0.2, -0.15) is 0 Å². The Morgan fingerprint density at radius 2 is 1.30 bits per heavy atom. The number of hydrogen-bond acceptors (Lipinski definition) is 7. The average Bonchev–Trinajstić information content (AvgIpc) is 3.99. The highest BCUT2D eigenvalue weighted by Crippen LogP contribution is 2.43. The van der Waals surface area contributed by atoms with Crippen LogP contribution in [0.4, 0.5) is 4.79 Å². The normalized spacial score (nSPS) is 15.0. The van der Waals surface area contributed by atoms with Gasteiger partial charge in [0.1, 0.15) is 17.2 Å². The maximum absolute atomic E-state index is 13.3. The molecule has 2 rings (SSSR count). The largest absolute Gasteiger partial charge is 0.465 e. The Balaban J connectivity index is 2.13. The Morgan fingerprint density at radius 1 is 0.792 bits per heavy atom. The van der Waals surface area contributed by atoms with Crippen molar-refractivity contribution >= 4 is 36.0 Å². The fraction of sp³-hybridized carbons (Fsp3) is 0.762. The van der Waals surface area contributed by atoms with E-state index in [1.54, 1.807) is 0 Å². The van der Waals surface area contributed by atoms with Crippen LogP contribution in [0.1, 0.15) is 161 Å². The topological polar surface area (TPSA) is 148 Å². The molecule has 0 radical (unpaired) electrons. The van der Waals surface area contributed by atoms with Gasteiger partial charge in [-0.3, -0.25) is 14.5 Å². The summed E-state index contributed by atoms with van der Waals surface area (Å²) in [6, 6.07) is 7.89. The maximum Gasteiger partial charge on any atom is 0.405 e. The third-order valence-corrected chi connectivity index (χ3v) is 12.0. The molecule has 1 fully saturated rings. The summed E-state index contributed by atoms with van der Waals surface area (Å²) in [7, 11) is 0. The van der Waals surface area contributed by atoms with Crippen molar-refractivity contribution in [3.63, 3.8) is 0 Å². The minimum Gasteiger partial charge on any atom is -0.465 e. The van der Waals surface area contributed by atoms with Crippen molar-refractivity contribution in [3.05, 3.63) is 35.9 Å². The lowest BCUT2D eigenvalue weighted by Gasteiger charge is -2.46. The number of thioether (sulfide) groups is 1. The van der Waals surface area contributed by atoms with Crippen molar-refractivity contribution in [2.75, 3.05) is 19.0 Å². The van der Waals surface area contributed by atoms with E-state index in [9.17, 15) is 29.4 Å². The lowest BCUT2D eigenvalue weighted by molar-refractivity contribution is -0.123. The van der Waals surface area contributed by atoms with Crippen molar-refractivity contribution < 1.29 is 29.4 Å². The first kappa shape index (κ1) is 46.5. The molecule has 1 aliphatic rings. The van der Waals surface area contributed by atoms with Crippen molar-refractivity contribution in [2.45, 2.75) is 185 Å². The van der Waals surface area contributed by atoms with Gasteiger partial charge in [0, 0.05) is 37.6 Å². The molecule has 1 unspecified atom stereocenters. The van der Waals surface area contributed by atoms with E-state index in [1.807, 2.05) is 35.2 Å². The molecular weight excluding hydrogens is 689 g/mol. The van der Waals surface area contributed by atoms with Gasteiger partial charge >= 0.3 is 6.09 Å². The fourth-order valence-electron chi connectivity index (χ4n) is 7.03. The summed E-state index contributed by atoms with van der Waals surface area (Å²) in [4.78, 5) is 51.6. The van der Waals surface area contributed by atoms with Crippen molar-refractivity contribution in [1.82, 2.24) is 20.9 Å². The van der Waals surface area contributed by atoms with Crippen LogP contribution in [0.3, 0.4) is 0 Å². The van der Waals surface area contributed by atoms with Gasteiger partial charge in [0.2, 0.25) is 11.8 Å². The SMILES string of the molecule is CCCCCCCCCCCC(=O)NC[C@@H](CS[C@](Cc1ccccc1)(C(C=O)NC(=O)O)N(CO)C1CC1)NC(=O)CCCCCCCCCCC. The van der Waals surface area contributed by atoms with E-state index in [-0.39, 0.29) is 37.6 Å². The number of hydrogen-bond donors (Lipinski definition) is 5. The molecule has 0 aliphatic heterocycles. The van der Waals surface area contributed by atoms with E-state index < -0.39 is 23.0 Å². The molecule has 0 heterocycles. The smallest absolute Gasteiger partial charge is 0.405 e. The lowest BCUT2D eigenvalue weighted by Crippen LogP contribution is -2.64. The molecule has 11 heteroatoms. The molecule has 1 aromatic rings. The second-order valence-electron chi connectivity index (χ2n) is 14.9. The zero-order valence-electron chi connectivity index (χ0n) is 33.0. The lowest BCUT2D eigenvalue weighted by atomic mass is 9.97. The molecule has 1 saturated carbocycles. The van der Waals surface area contributed by atoms with Crippen molar-refractivity contribution in [2.24, 2.45) is 0 Å². The van der Waals surface area contributed by atoms with E-state index >= 15 is 0 Å². The Kier molecular flexibility index (Phi) is 25.2. The number of carbonyl (C=O) groups excluding carboxylic acids is 3. The molecule has 0 saturated heterocycles. The van der Waals surface area contributed by atoms with Crippen LogP contribution in [-0.2, 0) is 20.8 Å². The maximum atomic E-state index is 13.3. The highest BCUT2D eigenvalue weighted by atomic mass is 32.2. The molecule has 0 aromatic heterocycles. The minimum atomic E-state index is -1.33. The number of aliphatic hydroxyl groups is 1. The highest BCUT2D eigenvalue weighted by Gasteiger charge is 2.50. The number of unbranched alkanes of at least 4 members (excludes halogenated alkanes) is 16. The van der Waals surface area contributed by atoms with Gasteiger partial charge in [-0.25, -0.2) is 4.79 Å². The standard InChI is InChI=1S/C42H72N4O6S/c1-3-5-7-9-11-13-15-17-22-26-39(49)43-31-36(44-40(50)27-23-18-16-14-12-10-8-6-4-2)33-53-42(38(32-47)45-41(51)52,46(34-48)37-28-29-37)30-35-24-20-19-21-25-35/h19-21,24-25,32,36-38,45,48H,3-18,22-23,26-31,33-34H2,1-2H3,(H,43,49)(H,44,50)(H,51,52)/t36-,38?,42+/m0/s1. The molecule has 1 aliphatic carbocycles. The summed E-state index contributed by atoms with van der Waals surface area (Å²) < 4.78 is 0. The van der Waals surface area contributed by atoms with Gasteiger partial charge < -0.3 is 31.0 Å². The van der Waals surface area contributed by atoms with Gasteiger partial charge in [0.05, 0.1) is 12.8 Å².